The van der Waals surface area contributed by atoms with Crippen molar-refractivity contribution in [3.8, 4) is 11.1 Å². The number of carbonyl (C=O) groups is 1. The van der Waals surface area contributed by atoms with Crippen molar-refractivity contribution < 1.29 is 4.79 Å². The number of hydrogen-bond acceptors (Lipinski definition) is 1. The van der Waals surface area contributed by atoms with Crippen molar-refractivity contribution in [3.63, 3.8) is 0 Å². The lowest BCUT2D eigenvalue weighted by Crippen LogP contribution is -1.91. The zero-order valence-electron chi connectivity index (χ0n) is 9.34. The summed E-state index contributed by atoms with van der Waals surface area (Å²) in [6.45, 7) is 0. The van der Waals surface area contributed by atoms with E-state index in [4.69, 9.17) is 0 Å². The Bertz CT molecular complexity index is 550. The Balaban J connectivity index is 2.23. The summed E-state index contributed by atoms with van der Waals surface area (Å²) in [4.78, 5) is 10.5. The summed E-state index contributed by atoms with van der Waals surface area (Å²) >= 11 is 0. The SMILES string of the molecule is O=C/C=C/C1c2ccccc2-c2ccccc21. The van der Waals surface area contributed by atoms with Gasteiger partial charge < -0.3 is 0 Å². The second-order valence-corrected chi connectivity index (χ2v) is 4.17. The van der Waals surface area contributed by atoms with Gasteiger partial charge in [0.2, 0.25) is 0 Å². The van der Waals surface area contributed by atoms with Gasteiger partial charge in [-0.15, -0.1) is 0 Å². The number of aldehydes is 1. The third-order valence-corrected chi connectivity index (χ3v) is 3.26. The van der Waals surface area contributed by atoms with E-state index < -0.39 is 0 Å². The molecule has 0 N–H and O–H groups in total. The molecule has 0 bridgehead atoms. The van der Waals surface area contributed by atoms with Gasteiger partial charge in [0.05, 0.1) is 0 Å². The van der Waals surface area contributed by atoms with Gasteiger partial charge in [0.25, 0.3) is 0 Å². The maximum atomic E-state index is 10.5. The number of hydrogen-bond donors (Lipinski definition) is 0. The van der Waals surface area contributed by atoms with Gasteiger partial charge in [-0.3, -0.25) is 4.79 Å². The Kier molecular flexibility index (Phi) is 2.37. The summed E-state index contributed by atoms with van der Waals surface area (Å²) in [6, 6.07) is 16.8. The van der Waals surface area contributed by atoms with Crippen LogP contribution >= 0.6 is 0 Å². The van der Waals surface area contributed by atoms with Crippen LogP contribution in [0.2, 0.25) is 0 Å². The van der Waals surface area contributed by atoms with Crippen molar-refractivity contribution in [1.29, 1.82) is 0 Å². The molecular formula is C16H12O. The van der Waals surface area contributed by atoms with Crippen LogP contribution in [-0.4, -0.2) is 6.29 Å². The molecule has 1 heteroatoms. The van der Waals surface area contributed by atoms with Crippen molar-refractivity contribution in [2.45, 2.75) is 5.92 Å². The summed E-state index contributed by atoms with van der Waals surface area (Å²) < 4.78 is 0. The average Bonchev–Trinajstić information content (AvgIpc) is 2.71. The first-order chi connectivity index (χ1) is 8.42. The quantitative estimate of drug-likeness (QED) is 0.558. The summed E-state index contributed by atoms with van der Waals surface area (Å²) in [7, 11) is 0. The Morgan fingerprint density at radius 2 is 1.35 bits per heavy atom. The van der Waals surface area contributed by atoms with Gasteiger partial charge in [0.1, 0.15) is 6.29 Å². The Hall–Kier alpha value is -2.15. The van der Waals surface area contributed by atoms with E-state index in [1.54, 1.807) is 6.08 Å². The first-order valence-corrected chi connectivity index (χ1v) is 5.72. The van der Waals surface area contributed by atoms with Crippen LogP contribution in [0.5, 0.6) is 0 Å². The van der Waals surface area contributed by atoms with Crippen LogP contribution in [0.25, 0.3) is 11.1 Å². The van der Waals surface area contributed by atoms with Crippen molar-refractivity contribution >= 4 is 6.29 Å². The minimum atomic E-state index is 0.215. The van der Waals surface area contributed by atoms with Crippen molar-refractivity contribution in [2.75, 3.05) is 0 Å². The normalized spacial score (nSPS) is 13.6. The molecule has 2 aromatic carbocycles. The molecule has 0 amide bonds. The molecule has 17 heavy (non-hydrogen) atoms. The molecule has 0 fully saturated rings. The lowest BCUT2D eigenvalue weighted by molar-refractivity contribution is -0.104. The van der Waals surface area contributed by atoms with Gasteiger partial charge in [0.15, 0.2) is 0 Å². The summed E-state index contributed by atoms with van der Waals surface area (Å²) in [5, 5.41) is 0. The van der Waals surface area contributed by atoms with Gasteiger partial charge in [-0.05, 0) is 28.3 Å². The van der Waals surface area contributed by atoms with Crippen molar-refractivity contribution in [3.05, 3.63) is 71.8 Å². The van der Waals surface area contributed by atoms with E-state index in [1.807, 2.05) is 18.2 Å². The maximum Gasteiger partial charge on any atom is 0.142 e. The molecular weight excluding hydrogens is 208 g/mol. The van der Waals surface area contributed by atoms with E-state index in [2.05, 4.69) is 36.4 Å². The van der Waals surface area contributed by atoms with E-state index in [9.17, 15) is 4.79 Å². The third kappa shape index (κ3) is 1.51. The van der Waals surface area contributed by atoms with Gasteiger partial charge in [0, 0.05) is 5.92 Å². The van der Waals surface area contributed by atoms with Crippen LogP contribution < -0.4 is 0 Å². The van der Waals surface area contributed by atoms with Crippen LogP contribution in [0.1, 0.15) is 17.0 Å². The largest absolute Gasteiger partial charge is 0.299 e. The van der Waals surface area contributed by atoms with Crippen LogP contribution in [0, 0.1) is 0 Å². The number of benzene rings is 2. The van der Waals surface area contributed by atoms with Crippen LogP contribution in [-0.2, 0) is 4.79 Å². The van der Waals surface area contributed by atoms with Gasteiger partial charge in [-0.25, -0.2) is 0 Å². The molecule has 0 atom stereocenters. The smallest absolute Gasteiger partial charge is 0.142 e. The van der Waals surface area contributed by atoms with Gasteiger partial charge in [-0.2, -0.15) is 0 Å². The standard InChI is InChI=1S/C16H12O/c17-11-5-10-16-14-8-3-1-6-12(14)13-7-2-4-9-15(13)16/h1-11,16H/b10-5+. The number of rotatable bonds is 2. The molecule has 0 unspecified atom stereocenters. The van der Waals surface area contributed by atoms with E-state index in [0.717, 1.165) is 6.29 Å². The number of fused-ring (bicyclic) bond motifs is 3. The second kappa shape index (κ2) is 4.02. The molecule has 1 aliphatic rings. The molecule has 3 rings (SSSR count). The molecule has 82 valence electrons. The topological polar surface area (TPSA) is 17.1 Å². The fraction of sp³-hybridized carbons (Fsp3) is 0.0625. The highest BCUT2D eigenvalue weighted by atomic mass is 16.1. The highest BCUT2D eigenvalue weighted by molar-refractivity contribution is 5.80. The first-order valence-electron chi connectivity index (χ1n) is 5.72. The Morgan fingerprint density at radius 1 is 0.824 bits per heavy atom. The molecule has 0 spiro atoms. The summed E-state index contributed by atoms with van der Waals surface area (Å²) in [6.07, 6.45) is 4.39. The van der Waals surface area contributed by atoms with E-state index in [1.165, 1.54) is 22.3 Å². The number of allylic oxidation sites excluding steroid dienone is 2. The Morgan fingerprint density at radius 3 is 1.88 bits per heavy atom. The minimum Gasteiger partial charge on any atom is -0.299 e. The predicted molar refractivity (Wildman–Crippen MR) is 68.9 cm³/mol. The van der Waals surface area contributed by atoms with E-state index in [0.29, 0.717) is 0 Å². The molecule has 1 nitrogen and oxygen atoms in total. The molecule has 2 aromatic rings. The highest BCUT2D eigenvalue weighted by Crippen LogP contribution is 2.44. The van der Waals surface area contributed by atoms with Crippen molar-refractivity contribution in [2.24, 2.45) is 0 Å². The maximum absolute atomic E-state index is 10.5. The lowest BCUT2D eigenvalue weighted by atomic mass is 9.97. The lowest BCUT2D eigenvalue weighted by Gasteiger charge is -2.06. The fourth-order valence-electron chi connectivity index (χ4n) is 2.56. The molecule has 0 aliphatic heterocycles. The third-order valence-electron chi connectivity index (χ3n) is 3.26. The van der Waals surface area contributed by atoms with Crippen molar-refractivity contribution in [1.82, 2.24) is 0 Å². The van der Waals surface area contributed by atoms with E-state index in [-0.39, 0.29) is 5.92 Å². The zero-order valence-corrected chi connectivity index (χ0v) is 9.34. The average molecular weight is 220 g/mol. The van der Waals surface area contributed by atoms with Crippen LogP contribution in [0.15, 0.2) is 60.7 Å². The predicted octanol–water partition coefficient (Wildman–Crippen LogP) is 3.55. The van der Waals surface area contributed by atoms with Gasteiger partial charge in [-0.1, -0.05) is 54.6 Å². The first kappa shape index (κ1) is 10.0. The molecule has 0 heterocycles. The van der Waals surface area contributed by atoms with Crippen LogP contribution in [0.4, 0.5) is 0 Å². The molecule has 0 radical (unpaired) electrons. The molecule has 1 aliphatic carbocycles. The summed E-state index contributed by atoms with van der Waals surface area (Å²) in [5.74, 6) is 0.215. The molecule has 0 saturated carbocycles. The van der Waals surface area contributed by atoms with Gasteiger partial charge >= 0.3 is 0 Å². The van der Waals surface area contributed by atoms with E-state index >= 15 is 0 Å². The van der Waals surface area contributed by atoms with Crippen LogP contribution in [0.3, 0.4) is 0 Å². The zero-order chi connectivity index (χ0) is 11.7. The minimum absolute atomic E-state index is 0.215. The monoisotopic (exact) mass is 220 g/mol. The number of carbonyl (C=O) groups excluding carboxylic acids is 1. The highest BCUT2D eigenvalue weighted by Gasteiger charge is 2.25. The Labute approximate surface area is 100 Å². The molecule has 0 saturated heterocycles. The molecule has 0 aromatic heterocycles. The summed E-state index contributed by atoms with van der Waals surface area (Å²) in [5.41, 5.74) is 5.13. The fourth-order valence-corrected chi connectivity index (χ4v) is 2.56. The second-order valence-electron chi connectivity index (χ2n) is 4.17.